The molecule has 0 aliphatic heterocycles. The van der Waals surface area contributed by atoms with Crippen molar-refractivity contribution < 1.29 is 22.4 Å². The summed E-state index contributed by atoms with van der Waals surface area (Å²) in [5, 5.41) is 6.86. The summed E-state index contributed by atoms with van der Waals surface area (Å²) < 4.78 is 53.6. The van der Waals surface area contributed by atoms with Crippen molar-refractivity contribution >= 4 is 28.6 Å². The molecule has 0 bridgehead atoms. The van der Waals surface area contributed by atoms with Crippen LogP contribution >= 0.6 is 0 Å². The fraction of sp³-hybridized carbons (Fsp3) is 0.400. The maximum absolute atomic E-state index is 14.0. The van der Waals surface area contributed by atoms with Crippen molar-refractivity contribution in [3.05, 3.63) is 59.4 Å². The van der Waals surface area contributed by atoms with E-state index >= 15 is 0 Å². The van der Waals surface area contributed by atoms with Crippen LogP contribution in [-0.4, -0.2) is 42.6 Å². The molecule has 1 saturated carbocycles. The van der Waals surface area contributed by atoms with E-state index in [9.17, 15) is 22.4 Å². The number of carbonyl (C=O) groups is 1. The fourth-order valence-corrected chi connectivity index (χ4v) is 4.48. The smallest absolute Gasteiger partial charge is 0.362 e. The third-order valence-corrected chi connectivity index (χ3v) is 6.28. The van der Waals surface area contributed by atoms with Crippen LogP contribution in [0.1, 0.15) is 41.6 Å². The molecule has 0 atom stereocenters. The first-order chi connectivity index (χ1) is 16.6. The number of amides is 1. The van der Waals surface area contributed by atoms with E-state index < -0.39 is 29.0 Å². The van der Waals surface area contributed by atoms with Crippen LogP contribution < -0.4 is 15.5 Å². The average molecular weight is 490 g/mol. The van der Waals surface area contributed by atoms with Gasteiger partial charge in [-0.2, -0.15) is 18.2 Å². The number of anilines is 2. The number of nitrogens with one attached hydrogen (secondary N) is 2. The van der Waals surface area contributed by atoms with E-state index in [0.717, 1.165) is 54.5 Å². The summed E-state index contributed by atoms with van der Waals surface area (Å²) in [4.78, 5) is 23.6. The molecule has 1 aliphatic rings. The molecule has 0 spiro atoms. The predicted molar refractivity (Wildman–Crippen MR) is 127 cm³/mol. The molecule has 1 aromatic heterocycles. The largest absolute Gasteiger partial charge is 0.417 e. The van der Waals surface area contributed by atoms with Gasteiger partial charge in [-0.25, -0.2) is 9.37 Å². The van der Waals surface area contributed by atoms with Crippen molar-refractivity contribution in [2.75, 3.05) is 30.9 Å². The zero-order valence-corrected chi connectivity index (χ0v) is 19.5. The fourth-order valence-electron chi connectivity index (χ4n) is 4.48. The van der Waals surface area contributed by atoms with E-state index in [1.165, 1.54) is 0 Å². The summed E-state index contributed by atoms with van der Waals surface area (Å²) in [6.07, 6.45) is -1.70. The summed E-state index contributed by atoms with van der Waals surface area (Å²) >= 11 is 0. The van der Waals surface area contributed by atoms with E-state index in [4.69, 9.17) is 0 Å². The number of alkyl halides is 3. The first kappa shape index (κ1) is 24.7. The third-order valence-electron chi connectivity index (χ3n) is 6.28. The van der Waals surface area contributed by atoms with Crippen molar-refractivity contribution in [2.24, 2.45) is 5.92 Å². The van der Waals surface area contributed by atoms with Crippen LogP contribution in [0.3, 0.4) is 0 Å². The Bertz CT molecular complexity index is 1210. The van der Waals surface area contributed by atoms with Gasteiger partial charge in [-0.15, -0.1) is 0 Å². The molecule has 0 radical (unpaired) electrons. The van der Waals surface area contributed by atoms with E-state index in [1.54, 1.807) is 0 Å². The number of fused-ring (bicyclic) bond motifs is 1. The lowest BCUT2D eigenvalue weighted by molar-refractivity contribution is -0.138. The second kappa shape index (κ2) is 10.1. The Labute approximate surface area is 200 Å². The highest BCUT2D eigenvalue weighted by Crippen LogP contribution is 2.33. The Balaban J connectivity index is 1.35. The second-order valence-corrected chi connectivity index (χ2v) is 9.01. The van der Waals surface area contributed by atoms with Crippen LogP contribution in [0.25, 0.3) is 10.9 Å². The maximum Gasteiger partial charge on any atom is 0.417 e. The molecule has 35 heavy (non-hydrogen) atoms. The molecule has 1 aliphatic carbocycles. The third kappa shape index (κ3) is 5.63. The summed E-state index contributed by atoms with van der Waals surface area (Å²) in [7, 11) is 3.86. The zero-order valence-electron chi connectivity index (χ0n) is 19.5. The van der Waals surface area contributed by atoms with Gasteiger partial charge in [0.05, 0.1) is 16.6 Å². The number of carbonyl (C=O) groups excluding carboxylic acids is 1. The molecule has 6 nitrogen and oxygen atoms in total. The van der Waals surface area contributed by atoms with Crippen molar-refractivity contribution in [1.82, 2.24) is 15.3 Å². The summed E-state index contributed by atoms with van der Waals surface area (Å²) in [5.74, 6) is -0.772. The number of benzene rings is 2. The van der Waals surface area contributed by atoms with Crippen LogP contribution in [0, 0.1) is 11.7 Å². The van der Waals surface area contributed by atoms with Crippen molar-refractivity contribution in [1.29, 1.82) is 0 Å². The molecule has 3 aromatic rings. The second-order valence-electron chi connectivity index (χ2n) is 9.01. The van der Waals surface area contributed by atoms with Gasteiger partial charge in [-0.3, -0.25) is 4.79 Å². The van der Waals surface area contributed by atoms with Crippen molar-refractivity contribution in [2.45, 2.75) is 37.9 Å². The number of rotatable bonds is 6. The molecule has 0 saturated heterocycles. The highest BCUT2D eigenvalue weighted by atomic mass is 19.4. The highest BCUT2D eigenvalue weighted by Gasteiger charge is 2.37. The summed E-state index contributed by atoms with van der Waals surface area (Å²) in [6, 6.07) is 10.5. The van der Waals surface area contributed by atoms with Gasteiger partial charge in [0, 0.05) is 32.1 Å². The van der Waals surface area contributed by atoms with Gasteiger partial charge in [0.1, 0.15) is 11.6 Å². The number of halogens is 4. The van der Waals surface area contributed by atoms with E-state index in [-0.39, 0.29) is 18.5 Å². The van der Waals surface area contributed by atoms with E-state index in [0.29, 0.717) is 12.0 Å². The van der Waals surface area contributed by atoms with Gasteiger partial charge in [-0.05, 0) is 55.9 Å². The standard InChI is InChI=1S/C25H27F4N5O/c1-34(2)22-17-6-3-4-9-20(17)32-24(33-22)31-16-12-10-15(11-13-16)14-30-23(35)21-18(25(27,28)29)7-5-8-19(21)26/h3-9,15-16H,10-14H2,1-2H3,(H,30,35)(H,31,32,33). The van der Waals surface area contributed by atoms with Crippen LogP contribution in [-0.2, 0) is 6.18 Å². The van der Waals surface area contributed by atoms with Crippen molar-refractivity contribution in [3.8, 4) is 0 Å². The first-order valence-electron chi connectivity index (χ1n) is 11.5. The van der Waals surface area contributed by atoms with Crippen molar-refractivity contribution in [3.63, 3.8) is 0 Å². The Morgan fingerprint density at radius 2 is 1.74 bits per heavy atom. The Morgan fingerprint density at radius 1 is 1.03 bits per heavy atom. The highest BCUT2D eigenvalue weighted by molar-refractivity contribution is 5.96. The minimum absolute atomic E-state index is 0.0907. The normalized spacial score (nSPS) is 18.3. The molecule has 1 heterocycles. The number of para-hydroxylation sites is 1. The monoisotopic (exact) mass is 489 g/mol. The molecule has 2 aromatic carbocycles. The maximum atomic E-state index is 14.0. The van der Waals surface area contributed by atoms with Gasteiger partial charge in [-0.1, -0.05) is 18.2 Å². The molecule has 0 unspecified atom stereocenters. The molecule has 186 valence electrons. The first-order valence-corrected chi connectivity index (χ1v) is 11.5. The van der Waals surface area contributed by atoms with Gasteiger partial charge < -0.3 is 15.5 Å². The van der Waals surface area contributed by atoms with Crippen LogP contribution in [0.5, 0.6) is 0 Å². The van der Waals surface area contributed by atoms with Gasteiger partial charge >= 0.3 is 6.18 Å². The Hall–Kier alpha value is -3.43. The molecular weight excluding hydrogens is 462 g/mol. The lowest BCUT2D eigenvalue weighted by Crippen LogP contribution is -2.35. The van der Waals surface area contributed by atoms with Gasteiger partial charge in [0.2, 0.25) is 5.95 Å². The molecule has 4 rings (SSSR count). The topological polar surface area (TPSA) is 70.2 Å². The number of hydrogen-bond donors (Lipinski definition) is 2. The lowest BCUT2D eigenvalue weighted by Gasteiger charge is -2.29. The zero-order chi connectivity index (χ0) is 25.2. The lowest BCUT2D eigenvalue weighted by atomic mass is 9.86. The molecular formula is C25H27F4N5O. The van der Waals surface area contributed by atoms with Gasteiger partial charge in [0.15, 0.2) is 0 Å². The number of aromatic nitrogens is 2. The SMILES string of the molecule is CN(C)c1nc(NC2CCC(CNC(=O)c3c(F)cccc3C(F)(F)F)CC2)nc2ccccc12. The number of nitrogens with zero attached hydrogens (tertiary/aromatic N) is 3. The van der Waals surface area contributed by atoms with Crippen LogP contribution in [0.4, 0.5) is 29.3 Å². The average Bonchev–Trinajstić information content (AvgIpc) is 2.82. The van der Waals surface area contributed by atoms with Crippen LogP contribution in [0.15, 0.2) is 42.5 Å². The number of hydrogen-bond acceptors (Lipinski definition) is 5. The van der Waals surface area contributed by atoms with E-state index in [2.05, 4.69) is 20.6 Å². The minimum atomic E-state index is -4.81. The van der Waals surface area contributed by atoms with Crippen LogP contribution in [0.2, 0.25) is 0 Å². The molecule has 1 amide bonds. The molecule has 2 N–H and O–H groups in total. The Morgan fingerprint density at radius 3 is 2.43 bits per heavy atom. The van der Waals surface area contributed by atoms with E-state index in [1.807, 2.05) is 43.3 Å². The molecule has 10 heteroatoms. The Kier molecular flexibility index (Phi) is 7.09. The molecule has 1 fully saturated rings. The summed E-state index contributed by atoms with van der Waals surface area (Å²) in [5.41, 5.74) is -1.38. The predicted octanol–water partition coefficient (Wildman–Crippen LogP) is 5.25. The van der Waals surface area contributed by atoms with Gasteiger partial charge in [0.25, 0.3) is 5.91 Å². The minimum Gasteiger partial charge on any atom is -0.362 e. The quantitative estimate of drug-likeness (QED) is 0.463. The summed E-state index contributed by atoms with van der Waals surface area (Å²) in [6.45, 7) is 0.189.